The highest BCUT2D eigenvalue weighted by Crippen LogP contribution is 2.26. The van der Waals surface area contributed by atoms with Crippen molar-refractivity contribution in [2.45, 2.75) is 57.9 Å². The van der Waals surface area contributed by atoms with Crippen molar-refractivity contribution in [3.63, 3.8) is 0 Å². The maximum atomic E-state index is 12.2. The van der Waals surface area contributed by atoms with Gasteiger partial charge in [-0.1, -0.05) is 13.3 Å². The number of rotatable bonds is 6. The summed E-state index contributed by atoms with van der Waals surface area (Å²) in [6, 6.07) is 0. The highest BCUT2D eigenvalue weighted by atomic mass is 16.6. The van der Waals surface area contributed by atoms with Crippen LogP contribution < -0.4 is 0 Å². The number of piperidine rings is 1. The maximum absolute atomic E-state index is 12.2. The Morgan fingerprint density at radius 2 is 2.00 bits per heavy atom. The van der Waals surface area contributed by atoms with E-state index >= 15 is 0 Å². The zero-order valence-corrected chi connectivity index (χ0v) is 15.6. The number of carbonyl (C=O) groups is 1. The molecule has 1 aromatic heterocycles. The van der Waals surface area contributed by atoms with Gasteiger partial charge in [-0.05, 0) is 45.2 Å². The van der Waals surface area contributed by atoms with Gasteiger partial charge in [-0.15, -0.1) is 10.2 Å². The number of unbranched alkanes of at least 4 members (excludes halogenated alkanes) is 1. The topological polar surface area (TPSA) is 63.5 Å². The van der Waals surface area contributed by atoms with Crippen LogP contribution in [0.1, 0.15) is 63.0 Å². The van der Waals surface area contributed by atoms with E-state index < -0.39 is 0 Å². The number of carbonyl (C=O) groups excluding carboxylic acids is 1. The van der Waals surface area contributed by atoms with Gasteiger partial charge in [0.25, 0.3) is 0 Å². The average Bonchev–Trinajstić information content (AvgIpc) is 3.26. The third kappa shape index (κ3) is 4.51. The van der Waals surface area contributed by atoms with Gasteiger partial charge in [0, 0.05) is 26.1 Å². The Kier molecular flexibility index (Phi) is 6.29. The van der Waals surface area contributed by atoms with Crippen molar-refractivity contribution in [2.24, 2.45) is 7.05 Å². The summed E-state index contributed by atoms with van der Waals surface area (Å²) < 4.78 is 7.50. The summed E-state index contributed by atoms with van der Waals surface area (Å²) in [5, 5.41) is 8.88. The highest BCUT2D eigenvalue weighted by molar-refractivity contribution is 5.67. The van der Waals surface area contributed by atoms with E-state index in [-0.39, 0.29) is 12.0 Å². The first-order valence-corrected chi connectivity index (χ1v) is 9.71. The van der Waals surface area contributed by atoms with E-state index in [4.69, 9.17) is 4.74 Å². The van der Waals surface area contributed by atoms with Crippen molar-refractivity contribution in [1.82, 2.24) is 24.6 Å². The largest absolute Gasteiger partial charge is 0.449 e. The van der Waals surface area contributed by atoms with E-state index in [1.54, 1.807) is 0 Å². The first kappa shape index (κ1) is 18.2. The van der Waals surface area contributed by atoms with Crippen LogP contribution in [0.4, 0.5) is 4.79 Å². The molecule has 2 aliphatic heterocycles. The normalized spacial score (nSPS) is 21.7. The number of aromatic nitrogens is 3. The van der Waals surface area contributed by atoms with Gasteiger partial charge in [0.1, 0.15) is 11.6 Å². The number of ether oxygens (including phenoxy) is 1. The van der Waals surface area contributed by atoms with Crippen molar-refractivity contribution in [2.75, 3.05) is 32.8 Å². The molecule has 140 valence electrons. The molecule has 2 fully saturated rings. The van der Waals surface area contributed by atoms with Crippen LogP contribution in [0.2, 0.25) is 0 Å². The third-order valence-electron chi connectivity index (χ3n) is 5.33. The van der Waals surface area contributed by atoms with E-state index in [1.165, 1.54) is 12.8 Å². The summed E-state index contributed by atoms with van der Waals surface area (Å²) in [7, 11) is 2.05. The summed E-state index contributed by atoms with van der Waals surface area (Å²) in [4.78, 5) is 16.5. The van der Waals surface area contributed by atoms with Gasteiger partial charge in [-0.2, -0.15) is 0 Å². The molecule has 0 saturated carbocycles. The predicted molar refractivity (Wildman–Crippen MR) is 95.3 cm³/mol. The fraction of sp³-hybridized carbons (Fsp3) is 0.833. The summed E-state index contributed by atoms with van der Waals surface area (Å²) in [6.45, 7) is 7.25. The van der Waals surface area contributed by atoms with Crippen LogP contribution in [0.5, 0.6) is 0 Å². The van der Waals surface area contributed by atoms with Crippen molar-refractivity contribution < 1.29 is 9.53 Å². The van der Waals surface area contributed by atoms with Crippen LogP contribution in [0.15, 0.2) is 0 Å². The molecule has 0 spiro atoms. The molecule has 3 rings (SSSR count). The molecule has 3 heterocycles. The van der Waals surface area contributed by atoms with Crippen LogP contribution in [-0.2, 0) is 18.3 Å². The molecule has 7 nitrogen and oxygen atoms in total. The molecule has 0 N–H and O–H groups in total. The lowest BCUT2D eigenvalue weighted by Gasteiger charge is -2.31. The van der Waals surface area contributed by atoms with Gasteiger partial charge in [0.2, 0.25) is 0 Å². The Hall–Kier alpha value is -1.63. The minimum Gasteiger partial charge on any atom is -0.449 e. The minimum absolute atomic E-state index is 0.183. The lowest BCUT2D eigenvalue weighted by atomic mass is 9.97. The number of hydrogen-bond donors (Lipinski definition) is 0. The summed E-state index contributed by atoms with van der Waals surface area (Å²) in [5.74, 6) is 2.28. The number of likely N-dealkylation sites (tertiary alicyclic amines) is 2. The Bertz CT molecular complexity index is 568. The van der Waals surface area contributed by atoms with Gasteiger partial charge in [0.15, 0.2) is 0 Å². The number of amides is 1. The molecule has 1 amide bonds. The number of hydrogen-bond acceptors (Lipinski definition) is 5. The van der Waals surface area contributed by atoms with Crippen LogP contribution in [0.3, 0.4) is 0 Å². The molecular formula is C18H31N5O2. The van der Waals surface area contributed by atoms with E-state index in [2.05, 4.69) is 33.6 Å². The molecule has 0 aliphatic carbocycles. The second-order valence-corrected chi connectivity index (χ2v) is 7.27. The zero-order chi connectivity index (χ0) is 17.6. The zero-order valence-electron chi connectivity index (χ0n) is 15.6. The first-order chi connectivity index (χ1) is 12.2. The highest BCUT2D eigenvalue weighted by Gasteiger charge is 2.29. The average molecular weight is 349 g/mol. The Morgan fingerprint density at radius 3 is 2.76 bits per heavy atom. The molecule has 0 aromatic carbocycles. The lowest BCUT2D eigenvalue weighted by Crippen LogP contribution is -2.40. The second-order valence-electron chi connectivity index (χ2n) is 7.27. The molecule has 7 heteroatoms. The van der Waals surface area contributed by atoms with Crippen LogP contribution in [0, 0.1) is 0 Å². The van der Waals surface area contributed by atoms with Gasteiger partial charge in [-0.25, -0.2) is 4.79 Å². The van der Waals surface area contributed by atoms with E-state index in [1.807, 2.05) is 4.90 Å². The molecule has 0 unspecified atom stereocenters. The second kappa shape index (κ2) is 8.65. The van der Waals surface area contributed by atoms with Crippen molar-refractivity contribution in [3.05, 3.63) is 11.6 Å². The summed E-state index contributed by atoms with van der Waals surface area (Å²) in [6.07, 6.45) is 6.37. The smallest absolute Gasteiger partial charge is 0.409 e. The molecule has 2 aliphatic rings. The Morgan fingerprint density at radius 1 is 1.20 bits per heavy atom. The fourth-order valence-corrected chi connectivity index (χ4v) is 3.76. The Balaban J connectivity index is 1.59. The van der Waals surface area contributed by atoms with E-state index in [0.29, 0.717) is 13.2 Å². The standard InChI is InChI=1S/C18H31N5O2/c1-3-4-12-25-18(24)23-11-7-8-15(13-23)17-20-19-16(21(17)2)14-22-9-5-6-10-22/h15H,3-14H2,1-2H3/t15-/m1/s1. The van der Waals surface area contributed by atoms with Crippen LogP contribution in [0.25, 0.3) is 0 Å². The van der Waals surface area contributed by atoms with E-state index in [9.17, 15) is 4.79 Å². The van der Waals surface area contributed by atoms with E-state index in [0.717, 1.165) is 63.5 Å². The fourth-order valence-electron chi connectivity index (χ4n) is 3.76. The molecule has 25 heavy (non-hydrogen) atoms. The summed E-state index contributed by atoms with van der Waals surface area (Å²) >= 11 is 0. The predicted octanol–water partition coefficient (Wildman–Crippen LogP) is 2.53. The third-order valence-corrected chi connectivity index (χ3v) is 5.33. The van der Waals surface area contributed by atoms with Crippen molar-refractivity contribution in [1.29, 1.82) is 0 Å². The van der Waals surface area contributed by atoms with Gasteiger partial charge < -0.3 is 14.2 Å². The number of nitrogens with zero attached hydrogens (tertiary/aromatic N) is 5. The maximum Gasteiger partial charge on any atom is 0.409 e. The van der Waals surface area contributed by atoms with Crippen LogP contribution in [-0.4, -0.2) is 63.4 Å². The minimum atomic E-state index is -0.183. The molecule has 2 saturated heterocycles. The van der Waals surface area contributed by atoms with Gasteiger partial charge in [0.05, 0.1) is 13.2 Å². The molecular weight excluding hydrogens is 318 g/mol. The van der Waals surface area contributed by atoms with Crippen molar-refractivity contribution in [3.8, 4) is 0 Å². The molecule has 1 aromatic rings. The van der Waals surface area contributed by atoms with Gasteiger partial charge in [-0.3, -0.25) is 4.90 Å². The van der Waals surface area contributed by atoms with Crippen molar-refractivity contribution >= 4 is 6.09 Å². The lowest BCUT2D eigenvalue weighted by molar-refractivity contribution is 0.0896. The Labute approximate surface area is 150 Å². The molecule has 0 bridgehead atoms. The monoisotopic (exact) mass is 349 g/mol. The SMILES string of the molecule is CCCCOC(=O)N1CCC[C@@H](c2nnc(CN3CCCC3)n2C)C1. The quantitative estimate of drug-likeness (QED) is 0.739. The molecule has 1 atom stereocenters. The summed E-state index contributed by atoms with van der Waals surface area (Å²) in [5.41, 5.74) is 0. The van der Waals surface area contributed by atoms with Gasteiger partial charge >= 0.3 is 6.09 Å². The van der Waals surface area contributed by atoms with Crippen LogP contribution >= 0.6 is 0 Å². The first-order valence-electron chi connectivity index (χ1n) is 9.71. The molecule has 0 radical (unpaired) electrons.